The Labute approximate surface area is 83.4 Å². The summed E-state index contributed by atoms with van der Waals surface area (Å²) in [6, 6.07) is 8.62. The molecule has 0 aromatic heterocycles. The van der Waals surface area contributed by atoms with Crippen molar-refractivity contribution in [2.45, 2.75) is 6.42 Å². The average Bonchev–Trinajstić information content (AvgIpc) is 2.56. The number of nitrogens with zero attached hydrogens (tertiary/aromatic N) is 1. The first-order chi connectivity index (χ1) is 6.45. The summed E-state index contributed by atoms with van der Waals surface area (Å²) in [6.07, 6.45) is 3.31. The molecule has 2 heteroatoms. The summed E-state index contributed by atoms with van der Waals surface area (Å²) in [4.78, 5) is 2.25. The van der Waals surface area contributed by atoms with Crippen molar-refractivity contribution in [2.24, 2.45) is 3.90 Å². The van der Waals surface area contributed by atoms with Crippen molar-refractivity contribution < 1.29 is 0 Å². The number of allylic oxidation sites excluding steroid dienone is 3. The molecule has 2 aliphatic rings. The van der Waals surface area contributed by atoms with Gasteiger partial charge in [-0.25, -0.2) is 0 Å². The second kappa shape index (κ2) is 2.77. The molecule has 1 nitrogen and oxygen atoms in total. The van der Waals surface area contributed by atoms with E-state index >= 15 is 0 Å². The van der Waals surface area contributed by atoms with Gasteiger partial charge >= 0.3 is 83.2 Å². The van der Waals surface area contributed by atoms with Crippen LogP contribution in [0.3, 0.4) is 0 Å². The van der Waals surface area contributed by atoms with Crippen LogP contribution in [0.15, 0.2) is 44.8 Å². The Kier molecular flexibility index (Phi) is 1.59. The molecule has 3 rings (SSSR count). The molecule has 1 aliphatic carbocycles. The van der Waals surface area contributed by atoms with E-state index < -0.39 is 0 Å². The van der Waals surface area contributed by atoms with E-state index in [-0.39, 0.29) is 15.2 Å². The van der Waals surface area contributed by atoms with Crippen LogP contribution in [0.5, 0.6) is 0 Å². The topological polar surface area (TPSA) is 12.4 Å². The molecule has 1 aromatic rings. The fourth-order valence-corrected chi connectivity index (χ4v) is 3.30. The third-order valence-electron chi connectivity index (χ3n) is 2.50. The predicted octanol–water partition coefficient (Wildman–Crippen LogP) is 2.37. The molecule has 0 unspecified atom stereocenters. The molecule has 1 radical (unpaired) electrons. The first-order valence-electron chi connectivity index (χ1n) is 4.39. The van der Waals surface area contributed by atoms with Crippen LogP contribution >= 0.6 is 0 Å². The number of hydrogen-bond donors (Lipinski definition) is 0. The van der Waals surface area contributed by atoms with E-state index in [0.717, 1.165) is 6.42 Å². The zero-order valence-corrected chi connectivity index (χ0v) is 9.22. The minimum atomic E-state index is -0.158. The third kappa shape index (κ3) is 1.07. The molecule has 0 N–H and O–H groups in total. The Balaban J connectivity index is 2.24. The predicted molar refractivity (Wildman–Crippen MR) is 54.4 cm³/mol. The summed E-state index contributed by atoms with van der Waals surface area (Å²) in [5, 5.41) is 0. The van der Waals surface area contributed by atoms with Gasteiger partial charge in [0.25, 0.3) is 0 Å². The van der Waals surface area contributed by atoms with E-state index in [0.29, 0.717) is 0 Å². The first-order valence-corrected chi connectivity index (χ1v) is 6.54. The van der Waals surface area contributed by atoms with Crippen molar-refractivity contribution in [3.05, 3.63) is 52.1 Å². The summed E-state index contributed by atoms with van der Waals surface area (Å²) in [5.74, 6) is 0. The molecule has 61 valence electrons. The SMILES string of the molecule is [CH]1=CC2=C(Cc3ccccc32)[N]=[Ge]1. The maximum absolute atomic E-state index is 4.62. The van der Waals surface area contributed by atoms with E-state index in [1.807, 2.05) is 0 Å². The van der Waals surface area contributed by atoms with E-state index in [2.05, 4.69) is 39.2 Å². The quantitative estimate of drug-likeness (QED) is 0.603. The Hall–Kier alpha value is -0.957. The second-order valence-electron chi connectivity index (χ2n) is 3.27. The molecule has 1 aromatic carbocycles. The number of hydrogen-bond acceptors (Lipinski definition) is 1. The van der Waals surface area contributed by atoms with Crippen molar-refractivity contribution in [1.29, 1.82) is 0 Å². The molecular formula is C11H8GeN. The molecular weight excluding hydrogens is 219 g/mol. The van der Waals surface area contributed by atoms with Crippen LogP contribution in [-0.4, -0.2) is 15.2 Å². The Morgan fingerprint density at radius 2 is 2.15 bits per heavy atom. The summed E-state index contributed by atoms with van der Waals surface area (Å²) < 4.78 is 4.62. The monoisotopic (exact) mass is 228 g/mol. The van der Waals surface area contributed by atoms with Gasteiger partial charge in [-0.15, -0.1) is 0 Å². The molecule has 0 amide bonds. The van der Waals surface area contributed by atoms with E-state index in [9.17, 15) is 0 Å². The van der Waals surface area contributed by atoms with Crippen LogP contribution < -0.4 is 0 Å². The third-order valence-corrected chi connectivity index (χ3v) is 4.00. The van der Waals surface area contributed by atoms with E-state index in [1.54, 1.807) is 0 Å². The van der Waals surface area contributed by atoms with Crippen molar-refractivity contribution in [1.82, 2.24) is 0 Å². The van der Waals surface area contributed by atoms with Crippen molar-refractivity contribution in [3.63, 3.8) is 0 Å². The van der Waals surface area contributed by atoms with Gasteiger partial charge in [-0.1, -0.05) is 0 Å². The fraction of sp³-hybridized carbons (Fsp3) is 0.0909. The van der Waals surface area contributed by atoms with Crippen molar-refractivity contribution >= 4 is 20.8 Å². The first kappa shape index (κ1) is 7.45. The molecule has 0 bridgehead atoms. The van der Waals surface area contributed by atoms with Gasteiger partial charge in [0, 0.05) is 0 Å². The molecule has 0 saturated heterocycles. The van der Waals surface area contributed by atoms with Crippen LogP contribution in [0.25, 0.3) is 5.57 Å². The Bertz CT molecular complexity index is 455. The number of rotatable bonds is 0. The summed E-state index contributed by atoms with van der Waals surface area (Å²) in [6.45, 7) is 0. The molecule has 0 spiro atoms. The second-order valence-corrected chi connectivity index (χ2v) is 4.98. The normalized spacial score (nSPS) is 17.5. The molecule has 1 heterocycles. The molecule has 0 saturated carbocycles. The fourth-order valence-electron chi connectivity index (χ4n) is 1.89. The molecule has 13 heavy (non-hydrogen) atoms. The van der Waals surface area contributed by atoms with E-state index in [1.165, 1.54) is 22.4 Å². The molecule has 0 atom stereocenters. The number of fused-ring (bicyclic) bond motifs is 2. The number of benzene rings is 1. The van der Waals surface area contributed by atoms with Crippen LogP contribution in [0, 0.1) is 0 Å². The molecule has 0 fully saturated rings. The Morgan fingerprint density at radius 1 is 1.23 bits per heavy atom. The van der Waals surface area contributed by atoms with Gasteiger partial charge in [0.15, 0.2) is 0 Å². The van der Waals surface area contributed by atoms with Crippen molar-refractivity contribution in [3.8, 4) is 0 Å². The van der Waals surface area contributed by atoms with Gasteiger partial charge in [-0.2, -0.15) is 0 Å². The molecule has 1 aliphatic heterocycles. The maximum atomic E-state index is 4.62. The van der Waals surface area contributed by atoms with Crippen LogP contribution in [0.2, 0.25) is 0 Å². The van der Waals surface area contributed by atoms with Gasteiger partial charge in [0.05, 0.1) is 0 Å². The van der Waals surface area contributed by atoms with Crippen LogP contribution in [0.1, 0.15) is 11.1 Å². The minimum absolute atomic E-state index is 0.158. The summed E-state index contributed by atoms with van der Waals surface area (Å²) in [5.41, 5.74) is 5.52. The van der Waals surface area contributed by atoms with Gasteiger partial charge in [0.1, 0.15) is 0 Å². The summed E-state index contributed by atoms with van der Waals surface area (Å²) in [7, 11) is 0. The van der Waals surface area contributed by atoms with Crippen LogP contribution in [0.4, 0.5) is 0 Å². The zero-order chi connectivity index (χ0) is 8.67. The van der Waals surface area contributed by atoms with Crippen molar-refractivity contribution in [2.75, 3.05) is 0 Å². The average molecular weight is 227 g/mol. The van der Waals surface area contributed by atoms with Gasteiger partial charge in [0.2, 0.25) is 0 Å². The zero-order valence-electron chi connectivity index (χ0n) is 7.12. The van der Waals surface area contributed by atoms with E-state index in [4.69, 9.17) is 0 Å². The van der Waals surface area contributed by atoms with Crippen LogP contribution in [-0.2, 0) is 6.42 Å². The summed E-state index contributed by atoms with van der Waals surface area (Å²) >= 11 is -0.158. The van der Waals surface area contributed by atoms with Gasteiger partial charge in [-0.05, 0) is 0 Å². The van der Waals surface area contributed by atoms with Gasteiger partial charge < -0.3 is 0 Å². The van der Waals surface area contributed by atoms with Gasteiger partial charge in [-0.3, -0.25) is 0 Å². The standard InChI is InChI=1S/C11H8GeN/c1-2-4-9-8(3-1)7-11-10(9)5-6-12-13-11/h1-6H,7H2. The Morgan fingerprint density at radius 3 is 3.15 bits per heavy atom.